The molecule has 11 heteroatoms. The zero-order valence-electron chi connectivity index (χ0n) is 20.7. The Labute approximate surface area is 210 Å². The number of aliphatic carboxylic acids is 2. The van der Waals surface area contributed by atoms with E-state index in [1.165, 1.54) is 4.90 Å². The van der Waals surface area contributed by atoms with Crippen molar-refractivity contribution < 1.29 is 34.2 Å². The number of nitrogens with two attached hydrogens (primary N) is 1. The van der Waals surface area contributed by atoms with Gasteiger partial charge in [0.1, 0.15) is 18.1 Å². The summed E-state index contributed by atoms with van der Waals surface area (Å²) in [5.41, 5.74) is 6.93. The second-order valence-corrected chi connectivity index (χ2v) is 9.19. The van der Waals surface area contributed by atoms with Gasteiger partial charge in [0.2, 0.25) is 17.7 Å². The van der Waals surface area contributed by atoms with Gasteiger partial charge in [-0.15, -0.1) is 0 Å². The molecule has 1 heterocycles. The van der Waals surface area contributed by atoms with E-state index in [4.69, 9.17) is 10.8 Å². The Morgan fingerprint density at radius 2 is 1.75 bits per heavy atom. The molecule has 11 nitrogen and oxygen atoms in total. The number of likely N-dealkylation sites (tertiary alicyclic amines) is 1. The first-order valence-corrected chi connectivity index (χ1v) is 12.2. The van der Waals surface area contributed by atoms with Crippen LogP contribution in [0.5, 0.6) is 0 Å². The number of nitrogens with zero attached hydrogens (tertiary/aromatic N) is 1. The van der Waals surface area contributed by atoms with Gasteiger partial charge in [-0.2, -0.15) is 0 Å². The molecule has 0 bridgehead atoms. The summed E-state index contributed by atoms with van der Waals surface area (Å²) in [4.78, 5) is 63.1. The Balaban J connectivity index is 2.16. The number of carboxylic acids is 2. The molecule has 36 heavy (non-hydrogen) atoms. The summed E-state index contributed by atoms with van der Waals surface area (Å²) in [5, 5.41) is 23.8. The number of benzene rings is 1. The molecule has 0 spiro atoms. The molecule has 1 aliphatic rings. The van der Waals surface area contributed by atoms with Crippen molar-refractivity contribution in [2.75, 3.05) is 6.54 Å². The number of hydrogen-bond donors (Lipinski definition) is 5. The van der Waals surface area contributed by atoms with Crippen molar-refractivity contribution in [1.29, 1.82) is 0 Å². The van der Waals surface area contributed by atoms with Crippen LogP contribution in [0.2, 0.25) is 0 Å². The predicted molar refractivity (Wildman–Crippen MR) is 131 cm³/mol. The Morgan fingerprint density at radius 3 is 2.33 bits per heavy atom. The molecule has 3 amide bonds. The lowest BCUT2D eigenvalue weighted by Gasteiger charge is -2.30. The van der Waals surface area contributed by atoms with E-state index >= 15 is 0 Å². The third-order valence-corrected chi connectivity index (χ3v) is 6.51. The molecule has 198 valence electrons. The topological polar surface area (TPSA) is 179 Å². The number of carbonyl (C=O) groups is 5. The van der Waals surface area contributed by atoms with Crippen molar-refractivity contribution in [3.63, 3.8) is 0 Å². The summed E-state index contributed by atoms with van der Waals surface area (Å²) < 4.78 is 0. The molecule has 5 unspecified atom stereocenters. The Kier molecular flexibility index (Phi) is 10.8. The fourth-order valence-electron chi connectivity index (χ4n) is 4.20. The van der Waals surface area contributed by atoms with Gasteiger partial charge in [-0.05, 0) is 37.2 Å². The first kappa shape index (κ1) is 28.8. The molecule has 1 aromatic rings. The molecule has 6 N–H and O–H groups in total. The Hall–Kier alpha value is -3.47. The molecule has 1 saturated heterocycles. The molecule has 1 aliphatic heterocycles. The van der Waals surface area contributed by atoms with E-state index in [1.807, 2.05) is 37.3 Å². The summed E-state index contributed by atoms with van der Waals surface area (Å²) >= 11 is 0. The second kappa shape index (κ2) is 13.6. The normalized spacial score (nSPS) is 18.5. The van der Waals surface area contributed by atoms with Gasteiger partial charge in [-0.1, -0.05) is 50.6 Å². The average Bonchev–Trinajstić information content (AvgIpc) is 3.34. The molecule has 5 atom stereocenters. The molecule has 0 aliphatic carbocycles. The minimum Gasteiger partial charge on any atom is -0.481 e. The van der Waals surface area contributed by atoms with Crippen LogP contribution in [0.25, 0.3) is 0 Å². The van der Waals surface area contributed by atoms with Crippen LogP contribution in [0, 0.1) is 5.92 Å². The zero-order valence-corrected chi connectivity index (χ0v) is 20.7. The van der Waals surface area contributed by atoms with Crippen LogP contribution in [0.1, 0.15) is 51.5 Å². The van der Waals surface area contributed by atoms with Gasteiger partial charge in [0, 0.05) is 13.0 Å². The minimum atomic E-state index is -1.24. The van der Waals surface area contributed by atoms with Gasteiger partial charge < -0.3 is 31.5 Å². The fourth-order valence-corrected chi connectivity index (χ4v) is 4.20. The van der Waals surface area contributed by atoms with Crippen molar-refractivity contribution >= 4 is 29.7 Å². The van der Waals surface area contributed by atoms with Crippen LogP contribution in [0.3, 0.4) is 0 Å². The maximum Gasteiger partial charge on any atom is 0.326 e. The molecular formula is C25H36N4O7. The highest BCUT2D eigenvalue weighted by atomic mass is 16.4. The lowest BCUT2D eigenvalue weighted by molar-refractivity contribution is -0.150. The van der Waals surface area contributed by atoms with Crippen molar-refractivity contribution in [1.82, 2.24) is 15.5 Å². The highest BCUT2D eigenvalue weighted by molar-refractivity contribution is 5.94. The maximum absolute atomic E-state index is 13.2. The third-order valence-electron chi connectivity index (χ3n) is 6.51. The molecule has 2 rings (SSSR count). The van der Waals surface area contributed by atoms with Crippen molar-refractivity contribution in [2.45, 2.75) is 76.5 Å². The number of amides is 3. The minimum absolute atomic E-state index is 0.203. The second-order valence-electron chi connectivity index (χ2n) is 9.19. The smallest absolute Gasteiger partial charge is 0.326 e. The largest absolute Gasteiger partial charge is 0.481 e. The van der Waals surface area contributed by atoms with E-state index in [-0.39, 0.29) is 31.7 Å². The van der Waals surface area contributed by atoms with Gasteiger partial charge in [-0.3, -0.25) is 19.2 Å². The van der Waals surface area contributed by atoms with Gasteiger partial charge in [0.15, 0.2) is 0 Å². The van der Waals surface area contributed by atoms with Gasteiger partial charge in [0.25, 0.3) is 0 Å². The molecule has 1 fully saturated rings. The Morgan fingerprint density at radius 1 is 1.08 bits per heavy atom. The van der Waals surface area contributed by atoms with Crippen LogP contribution < -0.4 is 16.4 Å². The van der Waals surface area contributed by atoms with E-state index in [1.54, 1.807) is 6.92 Å². The fraction of sp³-hybridized carbons (Fsp3) is 0.560. The van der Waals surface area contributed by atoms with E-state index in [2.05, 4.69) is 10.6 Å². The third kappa shape index (κ3) is 8.04. The van der Waals surface area contributed by atoms with Crippen molar-refractivity contribution in [3.05, 3.63) is 35.9 Å². The Bertz CT molecular complexity index is 940. The lowest BCUT2D eigenvalue weighted by Crippen LogP contribution is -2.58. The molecule has 0 aromatic heterocycles. The first-order chi connectivity index (χ1) is 17.0. The maximum atomic E-state index is 13.2. The van der Waals surface area contributed by atoms with E-state index in [0.29, 0.717) is 12.8 Å². The summed E-state index contributed by atoms with van der Waals surface area (Å²) in [6.07, 6.45) is 0.973. The molecule has 1 aromatic carbocycles. The highest BCUT2D eigenvalue weighted by Crippen LogP contribution is 2.20. The summed E-state index contributed by atoms with van der Waals surface area (Å²) in [5.74, 6) is -4.45. The van der Waals surface area contributed by atoms with Crippen LogP contribution in [-0.2, 0) is 30.4 Å². The van der Waals surface area contributed by atoms with E-state index in [0.717, 1.165) is 5.56 Å². The predicted octanol–water partition coefficient (Wildman–Crippen LogP) is 0.513. The van der Waals surface area contributed by atoms with Crippen LogP contribution >= 0.6 is 0 Å². The van der Waals surface area contributed by atoms with Gasteiger partial charge >= 0.3 is 11.9 Å². The summed E-state index contributed by atoms with van der Waals surface area (Å²) in [6.45, 7) is 3.81. The number of rotatable bonds is 13. The van der Waals surface area contributed by atoms with Gasteiger partial charge in [0.05, 0.1) is 6.04 Å². The quantitative estimate of drug-likeness (QED) is 0.258. The van der Waals surface area contributed by atoms with Gasteiger partial charge in [-0.25, -0.2) is 4.79 Å². The molecular weight excluding hydrogens is 468 g/mol. The van der Waals surface area contributed by atoms with Crippen LogP contribution in [0.4, 0.5) is 0 Å². The van der Waals surface area contributed by atoms with Crippen molar-refractivity contribution in [2.24, 2.45) is 11.7 Å². The molecule has 0 radical (unpaired) electrons. The number of nitrogens with one attached hydrogen (secondary N) is 2. The summed E-state index contributed by atoms with van der Waals surface area (Å²) in [6, 6.07) is 5.01. The molecule has 0 saturated carbocycles. The average molecular weight is 505 g/mol. The monoisotopic (exact) mass is 504 g/mol. The van der Waals surface area contributed by atoms with Crippen LogP contribution in [-0.4, -0.2) is 75.5 Å². The number of carbonyl (C=O) groups excluding carboxylic acids is 3. The summed E-state index contributed by atoms with van der Waals surface area (Å²) in [7, 11) is 0. The van der Waals surface area contributed by atoms with Crippen LogP contribution in [0.15, 0.2) is 30.3 Å². The zero-order chi connectivity index (χ0) is 26.8. The highest BCUT2D eigenvalue weighted by Gasteiger charge is 2.39. The SMILES string of the molecule is CCC(C)C(NC(=O)C(N)Cc1ccccc1)C(=O)NC(CCC(=O)O)C(=O)N1CCCC1C(=O)O. The standard InChI is InChI=1S/C25H36N4O7/c1-3-15(2)21(28-22(32)17(26)14-16-8-5-4-6-9-16)23(33)27-18(11-12-20(30)31)24(34)29-13-7-10-19(29)25(35)36/h4-6,8-9,15,17-19,21H,3,7,10-14,26H2,1-2H3,(H,27,33)(H,28,32)(H,30,31)(H,35,36). The van der Waals surface area contributed by atoms with E-state index < -0.39 is 60.2 Å². The lowest BCUT2D eigenvalue weighted by atomic mass is 9.96. The van der Waals surface area contributed by atoms with Crippen molar-refractivity contribution in [3.8, 4) is 0 Å². The first-order valence-electron chi connectivity index (χ1n) is 12.2. The number of hydrogen-bond acceptors (Lipinski definition) is 6. The van der Waals surface area contributed by atoms with E-state index in [9.17, 15) is 29.1 Å². The number of carboxylic acid groups (broad SMARTS) is 2.